The van der Waals surface area contributed by atoms with Crippen LogP contribution >= 0.6 is 0 Å². The van der Waals surface area contributed by atoms with Gasteiger partial charge in [-0.05, 0) is 49.6 Å². The van der Waals surface area contributed by atoms with Gasteiger partial charge in [0.15, 0.2) is 0 Å². The monoisotopic (exact) mass is 296 g/mol. The molecule has 0 aliphatic heterocycles. The molecule has 0 saturated carbocycles. The van der Waals surface area contributed by atoms with Crippen LogP contribution < -0.4 is 10.6 Å². The first-order valence-electron chi connectivity index (χ1n) is 7.63. The van der Waals surface area contributed by atoms with Crippen molar-refractivity contribution in [1.82, 2.24) is 5.32 Å². The number of hydrogen-bond acceptors (Lipinski definition) is 2. The number of anilines is 1. The van der Waals surface area contributed by atoms with E-state index in [1.807, 2.05) is 18.2 Å². The third-order valence-corrected chi connectivity index (χ3v) is 3.80. The van der Waals surface area contributed by atoms with Gasteiger partial charge in [-0.3, -0.25) is 4.79 Å². The average Bonchev–Trinajstić information content (AvgIpc) is 2.45. The van der Waals surface area contributed by atoms with E-state index < -0.39 is 0 Å². The summed E-state index contributed by atoms with van der Waals surface area (Å²) >= 11 is 0. The largest absolute Gasteiger partial charge is 0.326 e. The second kappa shape index (κ2) is 7.23. The van der Waals surface area contributed by atoms with Gasteiger partial charge in [-0.2, -0.15) is 0 Å². The molecule has 0 radical (unpaired) electrons. The number of benzene rings is 2. The summed E-state index contributed by atoms with van der Waals surface area (Å²) in [4.78, 5) is 11.1. The Balaban J connectivity index is 2.02. The van der Waals surface area contributed by atoms with Gasteiger partial charge in [-0.15, -0.1) is 0 Å². The van der Waals surface area contributed by atoms with Crippen molar-refractivity contribution >= 4 is 11.6 Å². The Kier molecular flexibility index (Phi) is 5.34. The normalized spacial score (nSPS) is 12.0. The molecule has 2 N–H and O–H groups in total. The molecule has 0 heterocycles. The fourth-order valence-electron chi connectivity index (χ4n) is 2.51. The van der Waals surface area contributed by atoms with Crippen molar-refractivity contribution in [2.45, 2.75) is 40.3 Å². The Morgan fingerprint density at radius 1 is 1.14 bits per heavy atom. The van der Waals surface area contributed by atoms with Gasteiger partial charge in [-0.25, -0.2) is 0 Å². The molecular formula is C19H24N2O. The van der Waals surface area contributed by atoms with Gasteiger partial charge < -0.3 is 10.6 Å². The van der Waals surface area contributed by atoms with Crippen LogP contribution in [0, 0.1) is 13.8 Å². The first-order valence-corrected chi connectivity index (χ1v) is 7.63. The molecule has 0 bridgehead atoms. The molecule has 1 atom stereocenters. The summed E-state index contributed by atoms with van der Waals surface area (Å²) in [6.07, 6.45) is 0. The molecule has 0 aliphatic rings. The minimum Gasteiger partial charge on any atom is -0.326 e. The third-order valence-electron chi connectivity index (χ3n) is 3.80. The van der Waals surface area contributed by atoms with Crippen molar-refractivity contribution in [1.29, 1.82) is 0 Å². The van der Waals surface area contributed by atoms with E-state index in [4.69, 9.17) is 0 Å². The van der Waals surface area contributed by atoms with E-state index in [1.165, 1.54) is 23.6 Å². The molecule has 2 aromatic carbocycles. The van der Waals surface area contributed by atoms with Crippen LogP contribution in [0.5, 0.6) is 0 Å². The van der Waals surface area contributed by atoms with Crippen molar-refractivity contribution < 1.29 is 4.79 Å². The van der Waals surface area contributed by atoms with E-state index in [1.54, 1.807) is 0 Å². The van der Waals surface area contributed by atoms with Crippen LogP contribution in [-0.4, -0.2) is 5.91 Å². The zero-order valence-corrected chi connectivity index (χ0v) is 13.7. The minimum atomic E-state index is -0.0481. The molecule has 2 rings (SSSR count). The molecule has 0 aliphatic carbocycles. The molecule has 3 heteroatoms. The van der Waals surface area contributed by atoms with Crippen molar-refractivity contribution in [2.24, 2.45) is 0 Å². The summed E-state index contributed by atoms with van der Waals surface area (Å²) in [5.74, 6) is -0.0481. The first-order chi connectivity index (χ1) is 10.5. The van der Waals surface area contributed by atoms with Crippen LogP contribution in [0.1, 0.15) is 42.1 Å². The van der Waals surface area contributed by atoms with Crippen LogP contribution in [0.3, 0.4) is 0 Å². The van der Waals surface area contributed by atoms with Gasteiger partial charge in [0.1, 0.15) is 0 Å². The highest BCUT2D eigenvalue weighted by molar-refractivity contribution is 5.88. The zero-order valence-electron chi connectivity index (χ0n) is 13.7. The fraction of sp³-hybridized carbons (Fsp3) is 0.316. The second-order valence-corrected chi connectivity index (χ2v) is 5.84. The maximum atomic E-state index is 11.1. The summed E-state index contributed by atoms with van der Waals surface area (Å²) in [6, 6.07) is 14.7. The van der Waals surface area contributed by atoms with Crippen LogP contribution in [0.15, 0.2) is 42.5 Å². The summed E-state index contributed by atoms with van der Waals surface area (Å²) in [5.41, 5.74) is 5.92. The number of carbonyl (C=O) groups excluding carboxylic acids is 1. The Morgan fingerprint density at radius 3 is 2.59 bits per heavy atom. The lowest BCUT2D eigenvalue weighted by Gasteiger charge is -2.16. The predicted octanol–water partition coefficient (Wildman–Crippen LogP) is 4.11. The molecule has 22 heavy (non-hydrogen) atoms. The standard InChI is InChI=1S/C19H24N2O/c1-13-8-9-18(14(2)10-13)12-20-15(3)17-6-5-7-19(11-17)21-16(4)22/h5-11,15,20H,12H2,1-4H3,(H,21,22)/t15-/m0/s1. The van der Waals surface area contributed by atoms with Gasteiger partial charge in [0.25, 0.3) is 0 Å². The van der Waals surface area contributed by atoms with Gasteiger partial charge in [0.05, 0.1) is 0 Å². The third kappa shape index (κ3) is 4.43. The number of rotatable bonds is 5. The van der Waals surface area contributed by atoms with E-state index >= 15 is 0 Å². The Bertz CT molecular complexity index is 664. The van der Waals surface area contributed by atoms with Crippen molar-refractivity contribution in [2.75, 3.05) is 5.32 Å². The summed E-state index contributed by atoms with van der Waals surface area (Å²) in [5, 5.41) is 6.37. The zero-order chi connectivity index (χ0) is 16.1. The maximum absolute atomic E-state index is 11.1. The van der Waals surface area contributed by atoms with Crippen molar-refractivity contribution in [3.63, 3.8) is 0 Å². The fourth-order valence-corrected chi connectivity index (χ4v) is 2.51. The first kappa shape index (κ1) is 16.2. The van der Waals surface area contributed by atoms with E-state index in [0.717, 1.165) is 17.8 Å². The highest BCUT2D eigenvalue weighted by Gasteiger charge is 2.07. The highest BCUT2D eigenvalue weighted by atomic mass is 16.1. The topological polar surface area (TPSA) is 41.1 Å². The van der Waals surface area contributed by atoms with Crippen LogP contribution in [0.4, 0.5) is 5.69 Å². The molecule has 0 spiro atoms. The number of carbonyl (C=O) groups is 1. The van der Waals surface area contributed by atoms with Gasteiger partial charge in [0, 0.05) is 25.2 Å². The quantitative estimate of drug-likeness (QED) is 0.871. The number of nitrogens with one attached hydrogen (secondary N) is 2. The Hall–Kier alpha value is -2.13. The number of amides is 1. The van der Waals surface area contributed by atoms with Crippen molar-refractivity contribution in [3.8, 4) is 0 Å². The smallest absolute Gasteiger partial charge is 0.221 e. The van der Waals surface area contributed by atoms with Crippen LogP contribution in [0.2, 0.25) is 0 Å². The molecule has 0 unspecified atom stereocenters. The maximum Gasteiger partial charge on any atom is 0.221 e. The lowest BCUT2D eigenvalue weighted by atomic mass is 10.0. The van der Waals surface area contributed by atoms with Gasteiger partial charge in [-0.1, -0.05) is 35.9 Å². The minimum absolute atomic E-state index is 0.0481. The van der Waals surface area contributed by atoms with E-state index in [9.17, 15) is 4.79 Å². The van der Waals surface area contributed by atoms with E-state index in [-0.39, 0.29) is 11.9 Å². The average molecular weight is 296 g/mol. The molecule has 3 nitrogen and oxygen atoms in total. The summed E-state index contributed by atoms with van der Waals surface area (Å²) < 4.78 is 0. The van der Waals surface area contributed by atoms with Crippen LogP contribution in [-0.2, 0) is 11.3 Å². The van der Waals surface area contributed by atoms with Crippen LogP contribution in [0.25, 0.3) is 0 Å². The van der Waals surface area contributed by atoms with Gasteiger partial charge in [0.2, 0.25) is 5.91 Å². The molecular weight excluding hydrogens is 272 g/mol. The SMILES string of the molecule is CC(=O)Nc1cccc([C@H](C)NCc2ccc(C)cc2C)c1. The summed E-state index contributed by atoms with van der Waals surface area (Å²) in [7, 11) is 0. The molecule has 1 amide bonds. The van der Waals surface area contributed by atoms with Gasteiger partial charge >= 0.3 is 0 Å². The lowest BCUT2D eigenvalue weighted by molar-refractivity contribution is -0.114. The number of aryl methyl sites for hydroxylation is 2. The second-order valence-electron chi connectivity index (χ2n) is 5.84. The molecule has 116 valence electrons. The Labute approximate surface area is 132 Å². The molecule has 0 aromatic heterocycles. The summed E-state index contributed by atoms with van der Waals surface area (Å²) in [6.45, 7) is 8.75. The molecule has 0 saturated heterocycles. The lowest BCUT2D eigenvalue weighted by Crippen LogP contribution is -2.19. The number of hydrogen-bond donors (Lipinski definition) is 2. The Morgan fingerprint density at radius 2 is 1.91 bits per heavy atom. The molecule has 2 aromatic rings. The molecule has 0 fully saturated rings. The van der Waals surface area contributed by atoms with Crippen molar-refractivity contribution in [3.05, 3.63) is 64.7 Å². The highest BCUT2D eigenvalue weighted by Crippen LogP contribution is 2.18. The van der Waals surface area contributed by atoms with E-state index in [2.05, 4.69) is 55.7 Å². The predicted molar refractivity (Wildman–Crippen MR) is 91.9 cm³/mol. The van der Waals surface area contributed by atoms with E-state index in [0.29, 0.717) is 0 Å².